The molecule has 0 spiro atoms. The fourth-order valence-electron chi connectivity index (χ4n) is 2.75. The van der Waals surface area contributed by atoms with E-state index in [-0.39, 0.29) is 22.3 Å². The Hall–Kier alpha value is -1.92. The monoisotopic (exact) mass is 455 g/mol. The molecule has 11 heteroatoms. The Bertz CT molecular complexity index is 967. The van der Waals surface area contributed by atoms with Crippen molar-refractivity contribution in [3.63, 3.8) is 0 Å². The van der Waals surface area contributed by atoms with Gasteiger partial charge < -0.3 is 15.4 Å². The van der Waals surface area contributed by atoms with Gasteiger partial charge in [-0.2, -0.15) is 16.1 Å². The topological polar surface area (TPSA) is 105 Å². The minimum absolute atomic E-state index is 0.0374. The lowest BCUT2D eigenvalue weighted by atomic mass is 10.2. The summed E-state index contributed by atoms with van der Waals surface area (Å²) >= 11 is 2.81. The van der Waals surface area contributed by atoms with Crippen molar-refractivity contribution in [3.8, 4) is 0 Å². The van der Waals surface area contributed by atoms with Crippen molar-refractivity contribution < 1.29 is 22.7 Å². The highest BCUT2D eigenvalue weighted by atomic mass is 32.2. The van der Waals surface area contributed by atoms with Crippen LogP contribution in [-0.2, 0) is 19.6 Å². The molecule has 2 N–H and O–H groups in total. The average molecular weight is 456 g/mol. The molecule has 156 valence electrons. The van der Waals surface area contributed by atoms with Crippen LogP contribution < -0.4 is 10.6 Å². The third-order valence-corrected chi connectivity index (χ3v) is 8.05. The molecule has 0 bridgehead atoms. The van der Waals surface area contributed by atoms with Crippen LogP contribution in [0.3, 0.4) is 0 Å². The molecule has 1 aliphatic heterocycles. The average Bonchev–Trinajstić information content (AvgIpc) is 3.21. The molecule has 0 radical (unpaired) electrons. The first-order valence-corrected chi connectivity index (χ1v) is 12.2. The van der Waals surface area contributed by atoms with Crippen molar-refractivity contribution in [2.75, 3.05) is 48.9 Å². The van der Waals surface area contributed by atoms with Crippen LogP contribution in [0.25, 0.3) is 0 Å². The third kappa shape index (κ3) is 5.37. The van der Waals surface area contributed by atoms with Crippen LogP contribution in [0, 0.1) is 0 Å². The molecule has 29 heavy (non-hydrogen) atoms. The van der Waals surface area contributed by atoms with Crippen LogP contribution in [0.5, 0.6) is 0 Å². The molecule has 2 aromatic rings. The predicted octanol–water partition coefficient (Wildman–Crippen LogP) is 2.32. The second kappa shape index (κ2) is 9.72. The predicted molar refractivity (Wildman–Crippen MR) is 115 cm³/mol. The van der Waals surface area contributed by atoms with Gasteiger partial charge in [-0.1, -0.05) is 0 Å². The summed E-state index contributed by atoms with van der Waals surface area (Å²) in [6.07, 6.45) is 0. The fourth-order valence-corrected chi connectivity index (χ4v) is 6.62. The second-order valence-corrected chi connectivity index (χ2v) is 10.2. The molecular formula is C18H21N3O5S3. The number of rotatable bonds is 7. The largest absolute Gasteiger partial charge is 0.375 e. The number of hydrogen-bond donors (Lipinski definition) is 2. The van der Waals surface area contributed by atoms with E-state index in [1.54, 1.807) is 41.4 Å². The molecule has 2 heterocycles. The van der Waals surface area contributed by atoms with E-state index in [0.29, 0.717) is 24.5 Å². The van der Waals surface area contributed by atoms with Crippen LogP contribution in [-0.4, -0.2) is 62.8 Å². The Morgan fingerprint density at radius 2 is 1.69 bits per heavy atom. The van der Waals surface area contributed by atoms with Crippen molar-refractivity contribution in [1.82, 2.24) is 4.31 Å². The van der Waals surface area contributed by atoms with Crippen LogP contribution in [0.4, 0.5) is 11.4 Å². The summed E-state index contributed by atoms with van der Waals surface area (Å²) < 4.78 is 32.0. The SMILES string of the molecule is COCC(=O)Nc1ccc(NC(=O)c2sccc2S(=O)(=O)N2CCSCC2)cc1. The number of methoxy groups -OCH3 is 1. The standard InChI is InChI=1S/C18H21N3O5S3/c1-26-12-16(22)19-13-2-4-14(5-3-13)20-18(23)17-15(6-9-28-17)29(24,25)21-7-10-27-11-8-21/h2-6,9H,7-8,10-12H2,1H3,(H,19,22)(H,20,23). The molecule has 1 aliphatic rings. The highest BCUT2D eigenvalue weighted by Gasteiger charge is 2.31. The van der Waals surface area contributed by atoms with Gasteiger partial charge in [0.05, 0.1) is 0 Å². The summed E-state index contributed by atoms with van der Waals surface area (Å²) in [4.78, 5) is 24.4. The summed E-state index contributed by atoms with van der Waals surface area (Å²) in [7, 11) is -2.27. The van der Waals surface area contributed by atoms with E-state index in [1.165, 1.54) is 17.5 Å². The molecule has 1 aromatic heterocycles. The molecule has 3 rings (SSSR count). The lowest BCUT2D eigenvalue weighted by Crippen LogP contribution is -2.38. The Morgan fingerprint density at radius 1 is 1.07 bits per heavy atom. The smallest absolute Gasteiger partial charge is 0.267 e. The van der Waals surface area contributed by atoms with Gasteiger partial charge in [0.25, 0.3) is 5.91 Å². The van der Waals surface area contributed by atoms with Gasteiger partial charge in [-0.25, -0.2) is 8.42 Å². The number of thioether (sulfide) groups is 1. The quantitative estimate of drug-likeness (QED) is 0.664. The molecular weight excluding hydrogens is 434 g/mol. The number of sulfonamides is 1. The zero-order valence-electron chi connectivity index (χ0n) is 15.7. The Labute approximate surface area is 177 Å². The summed E-state index contributed by atoms with van der Waals surface area (Å²) in [5.74, 6) is 0.728. The van der Waals surface area contributed by atoms with E-state index in [9.17, 15) is 18.0 Å². The number of benzene rings is 1. The minimum Gasteiger partial charge on any atom is -0.375 e. The third-order valence-electron chi connectivity index (χ3n) is 4.13. The molecule has 0 atom stereocenters. The van der Waals surface area contributed by atoms with E-state index in [2.05, 4.69) is 10.6 Å². The lowest BCUT2D eigenvalue weighted by molar-refractivity contribution is -0.119. The van der Waals surface area contributed by atoms with E-state index in [0.717, 1.165) is 22.8 Å². The summed E-state index contributed by atoms with van der Waals surface area (Å²) in [6.45, 7) is 0.837. The van der Waals surface area contributed by atoms with E-state index < -0.39 is 15.9 Å². The summed E-state index contributed by atoms with van der Waals surface area (Å²) in [6, 6.07) is 8.01. The lowest BCUT2D eigenvalue weighted by Gasteiger charge is -2.25. The first-order valence-electron chi connectivity index (χ1n) is 8.77. The highest BCUT2D eigenvalue weighted by Crippen LogP contribution is 2.28. The van der Waals surface area contributed by atoms with Crippen LogP contribution in [0.1, 0.15) is 9.67 Å². The number of anilines is 2. The van der Waals surface area contributed by atoms with Gasteiger partial charge in [-0.05, 0) is 35.7 Å². The maximum atomic E-state index is 12.9. The normalized spacial score (nSPS) is 15.1. The maximum Gasteiger partial charge on any atom is 0.267 e. The summed E-state index contributed by atoms with van der Waals surface area (Å²) in [5, 5.41) is 6.97. The van der Waals surface area contributed by atoms with Crippen molar-refractivity contribution >= 4 is 56.3 Å². The van der Waals surface area contributed by atoms with E-state index >= 15 is 0 Å². The van der Waals surface area contributed by atoms with Gasteiger partial charge in [0.2, 0.25) is 15.9 Å². The van der Waals surface area contributed by atoms with Crippen molar-refractivity contribution in [1.29, 1.82) is 0 Å². The summed E-state index contributed by atoms with van der Waals surface area (Å²) in [5.41, 5.74) is 1.05. The van der Waals surface area contributed by atoms with Crippen molar-refractivity contribution in [3.05, 3.63) is 40.6 Å². The molecule has 1 saturated heterocycles. The maximum absolute atomic E-state index is 12.9. The number of thiophene rings is 1. The van der Waals surface area contributed by atoms with Crippen molar-refractivity contribution in [2.24, 2.45) is 0 Å². The molecule has 8 nitrogen and oxygen atoms in total. The minimum atomic E-state index is -3.70. The Balaban J connectivity index is 1.70. The number of carbonyl (C=O) groups excluding carboxylic acids is 2. The number of nitrogens with one attached hydrogen (secondary N) is 2. The van der Waals surface area contributed by atoms with Gasteiger partial charge in [0, 0.05) is 43.1 Å². The van der Waals surface area contributed by atoms with Gasteiger partial charge in [-0.15, -0.1) is 11.3 Å². The Morgan fingerprint density at radius 3 is 2.31 bits per heavy atom. The van der Waals surface area contributed by atoms with Crippen LogP contribution in [0.2, 0.25) is 0 Å². The number of amides is 2. The molecule has 1 fully saturated rings. The van der Waals surface area contributed by atoms with Gasteiger partial charge in [-0.3, -0.25) is 9.59 Å². The molecule has 2 amide bonds. The van der Waals surface area contributed by atoms with Crippen LogP contribution >= 0.6 is 23.1 Å². The zero-order valence-corrected chi connectivity index (χ0v) is 18.2. The van der Waals surface area contributed by atoms with Crippen molar-refractivity contribution in [2.45, 2.75) is 4.90 Å². The second-order valence-electron chi connectivity index (χ2n) is 6.14. The van der Waals surface area contributed by atoms with Crippen LogP contribution in [0.15, 0.2) is 40.6 Å². The molecule has 1 aromatic carbocycles. The zero-order chi connectivity index (χ0) is 20.9. The number of ether oxygens (including phenoxy) is 1. The molecule has 0 unspecified atom stereocenters. The molecule has 0 aliphatic carbocycles. The van der Waals surface area contributed by atoms with E-state index in [1.807, 2.05) is 0 Å². The van der Waals surface area contributed by atoms with Gasteiger partial charge >= 0.3 is 0 Å². The number of hydrogen-bond acceptors (Lipinski definition) is 7. The fraction of sp³-hybridized carbons (Fsp3) is 0.333. The first-order chi connectivity index (χ1) is 13.9. The number of carbonyl (C=O) groups is 2. The number of nitrogens with zero attached hydrogens (tertiary/aromatic N) is 1. The first kappa shape index (κ1) is 21.8. The molecule has 0 saturated carbocycles. The Kier molecular flexibility index (Phi) is 7.30. The van der Waals surface area contributed by atoms with E-state index in [4.69, 9.17) is 4.74 Å². The van der Waals surface area contributed by atoms with Gasteiger partial charge in [0.1, 0.15) is 16.4 Å². The van der Waals surface area contributed by atoms with Gasteiger partial charge in [0.15, 0.2) is 0 Å². The highest BCUT2D eigenvalue weighted by molar-refractivity contribution is 7.99.